The molecule has 0 aromatic rings. The Kier molecular flexibility index (Phi) is 4.20. The van der Waals surface area contributed by atoms with Crippen molar-refractivity contribution in [3.05, 3.63) is 0 Å². The van der Waals surface area contributed by atoms with E-state index in [1.807, 2.05) is 0 Å². The van der Waals surface area contributed by atoms with Gasteiger partial charge in [-0.05, 0) is 25.2 Å². The van der Waals surface area contributed by atoms with Gasteiger partial charge in [0.2, 0.25) is 0 Å². The van der Waals surface area contributed by atoms with Crippen LogP contribution in [0.15, 0.2) is 0 Å². The van der Waals surface area contributed by atoms with Gasteiger partial charge in [-0.2, -0.15) is 0 Å². The smallest absolute Gasteiger partial charge is 0.321 e. The van der Waals surface area contributed by atoms with Gasteiger partial charge in [0.25, 0.3) is 0 Å². The largest absolute Gasteiger partial charge is 0.480 e. The minimum absolute atomic E-state index is 0.152. The second kappa shape index (κ2) is 5.48. The molecule has 5 atom stereocenters. The van der Waals surface area contributed by atoms with Crippen molar-refractivity contribution in [3.8, 4) is 0 Å². The summed E-state index contributed by atoms with van der Waals surface area (Å²) in [6, 6.07) is -0.460. The molecule has 2 rings (SSSR count). The van der Waals surface area contributed by atoms with Gasteiger partial charge in [0.05, 0.1) is 5.25 Å². The highest BCUT2D eigenvalue weighted by molar-refractivity contribution is 7.85. The second-order valence-electron chi connectivity index (χ2n) is 5.22. The number of fused-ring (bicyclic) bond motifs is 1. The van der Waals surface area contributed by atoms with E-state index in [4.69, 9.17) is 5.11 Å². The Morgan fingerprint density at radius 3 is 2.88 bits per heavy atom. The van der Waals surface area contributed by atoms with Crippen LogP contribution in [0.2, 0.25) is 0 Å². The molecule has 2 fully saturated rings. The quantitative estimate of drug-likeness (QED) is 0.797. The van der Waals surface area contributed by atoms with Crippen molar-refractivity contribution in [1.29, 1.82) is 0 Å². The molecule has 5 unspecified atom stereocenters. The summed E-state index contributed by atoms with van der Waals surface area (Å²) in [4.78, 5) is 10.9. The number of aliphatic carboxylic acids is 1. The molecule has 0 radical (unpaired) electrons. The van der Waals surface area contributed by atoms with E-state index in [9.17, 15) is 9.00 Å². The average molecular weight is 259 g/mol. The molecule has 1 heterocycles. The van der Waals surface area contributed by atoms with Gasteiger partial charge in [0.1, 0.15) is 6.04 Å². The fraction of sp³-hybridized carbons (Fsp3) is 0.917. The molecule has 0 aromatic carbocycles. The van der Waals surface area contributed by atoms with Gasteiger partial charge < -0.3 is 5.11 Å². The van der Waals surface area contributed by atoms with Crippen LogP contribution in [0.4, 0.5) is 0 Å². The molecule has 1 saturated heterocycles. The summed E-state index contributed by atoms with van der Waals surface area (Å²) in [5.74, 6) is 0.0934. The molecular weight excluding hydrogens is 238 g/mol. The molecule has 17 heavy (non-hydrogen) atoms. The molecule has 1 saturated carbocycles. The summed E-state index contributed by atoms with van der Waals surface area (Å²) >= 11 is 0. The first-order chi connectivity index (χ1) is 8.11. The average Bonchev–Trinajstić information content (AvgIpc) is 2.30. The lowest BCUT2D eigenvalue weighted by atomic mass is 9.83. The molecule has 1 aliphatic heterocycles. The van der Waals surface area contributed by atoms with Gasteiger partial charge in [-0.25, -0.2) is 0 Å². The van der Waals surface area contributed by atoms with Crippen LogP contribution in [0.25, 0.3) is 0 Å². The molecule has 0 aromatic heterocycles. The van der Waals surface area contributed by atoms with Crippen LogP contribution in [-0.2, 0) is 15.6 Å². The van der Waals surface area contributed by atoms with Crippen molar-refractivity contribution in [2.24, 2.45) is 5.92 Å². The molecule has 2 aliphatic rings. The summed E-state index contributed by atoms with van der Waals surface area (Å²) < 4.78 is 12.1. The Hall–Kier alpha value is -0.420. The first-order valence-corrected chi connectivity index (χ1v) is 7.86. The van der Waals surface area contributed by atoms with Crippen LogP contribution in [0, 0.1) is 5.92 Å². The van der Waals surface area contributed by atoms with Crippen LogP contribution in [0.1, 0.15) is 39.0 Å². The van der Waals surface area contributed by atoms with Crippen LogP contribution < -0.4 is 5.32 Å². The second-order valence-corrected chi connectivity index (χ2v) is 6.92. The summed E-state index contributed by atoms with van der Waals surface area (Å²) in [5, 5.41) is 12.3. The van der Waals surface area contributed by atoms with E-state index in [0.717, 1.165) is 19.3 Å². The predicted octanol–water partition coefficient (Wildman–Crippen LogP) is 1.13. The van der Waals surface area contributed by atoms with E-state index in [2.05, 4.69) is 12.2 Å². The molecule has 0 bridgehead atoms. The number of carboxylic acid groups (broad SMARTS) is 1. The third-order valence-corrected chi connectivity index (χ3v) is 5.84. The maximum absolute atomic E-state index is 12.1. The SMILES string of the molecule is CCCC1CCC2NC(C(=O)O)CS(=O)C2C1. The Morgan fingerprint density at radius 1 is 1.47 bits per heavy atom. The molecular formula is C12H21NO3S. The normalized spacial score (nSPS) is 41.8. The first kappa shape index (κ1) is 13.0. The third kappa shape index (κ3) is 2.88. The van der Waals surface area contributed by atoms with Crippen LogP contribution >= 0.6 is 0 Å². The number of hydrogen-bond donors (Lipinski definition) is 2. The molecule has 2 N–H and O–H groups in total. The number of carboxylic acids is 1. The minimum atomic E-state index is -0.975. The predicted molar refractivity (Wildman–Crippen MR) is 67.4 cm³/mol. The van der Waals surface area contributed by atoms with Gasteiger partial charge in [0, 0.05) is 22.6 Å². The van der Waals surface area contributed by atoms with E-state index < -0.39 is 22.8 Å². The first-order valence-electron chi connectivity index (χ1n) is 6.47. The Morgan fingerprint density at radius 2 is 2.24 bits per heavy atom. The monoisotopic (exact) mass is 259 g/mol. The van der Waals surface area contributed by atoms with Gasteiger partial charge in [0.15, 0.2) is 0 Å². The van der Waals surface area contributed by atoms with Gasteiger partial charge in [-0.15, -0.1) is 0 Å². The fourth-order valence-electron chi connectivity index (χ4n) is 3.10. The molecule has 4 nitrogen and oxygen atoms in total. The zero-order valence-electron chi connectivity index (χ0n) is 10.2. The van der Waals surface area contributed by atoms with Crippen molar-refractivity contribution in [2.45, 2.75) is 56.4 Å². The van der Waals surface area contributed by atoms with E-state index in [1.54, 1.807) is 0 Å². The van der Waals surface area contributed by atoms with Crippen LogP contribution in [0.3, 0.4) is 0 Å². The highest BCUT2D eigenvalue weighted by Crippen LogP contribution is 2.33. The van der Waals surface area contributed by atoms with Crippen molar-refractivity contribution >= 4 is 16.8 Å². The standard InChI is InChI=1S/C12H21NO3S/c1-2-3-8-4-5-9-11(6-8)17(16)7-10(13-9)12(14)15/h8-11,13H,2-7H2,1H3,(H,14,15). The van der Waals surface area contributed by atoms with Crippen molar-refractivity contribution in [2.75, 3.05) is 5.75 Å². The molecule has 5 heteroatoms. The fourth-order valence-corrected chi connectivity index (χ4v) is 4.98. The molecule has 0 spiro atoms. The van der Waals surface area contributed by atoms with Crippen LogP contribution in [-0.4, -0.2) is 38.4 Å². The van der Waals surface area contributed by atoms with Gasteiger partial charge in [-0.3, -0.25) is 14.3 Å². The van der Waals surface area contributed by atoms with E-state index in [-0.39, 0.29) is 17.0 Å². The number of hydrogen-bond acceptors (Lipinski definition) is 3. The number of carbonyl (C=O) groups is 1. The molecule has 98 valence electrons. The van der Waals surface area contributed by atoms with Crippen molar-refractivity contribution in [1.82, 2.24) is 5.32 Å². The summed E-state index contributed by atoms with van der Waals surface area (Å²) in [6.45, 7) is 2.18. The lowest BCUT2D eigenvalue weighted by Gasteiger charge is -2.41. The maximum atomic E-state index is 12.1. The zero-order chi connectivity index (χ0) is 12.4. The summed E-state index contributed by atoms with van der Waals surface area (Å²) in [7, 11) is -0.975. The van der Waals surface area contributed by atoms with Gasteiger partial charge >= 0.3 is 5.97 Å². The van der Waals surface area contributed by atoms with E-state index >= 15 is 0 Å². The zero-order valence-corrected chi connectivity index (χ0v) is 11.0. The topological polar surface area (TPSA) is 66.4 Å². The van der Waals surface area contributed by atoms with Crippen molar-refractivity contribution < 1.29 is 14.1 Å². The Balaban J connectivity index is 1.99. The van der Waals surface area contributed by atoms with E-state index in [1.165, 1.54) is 12.8 Å². The van der Waals surface area contributed by atoms with E-state index in [0.29, 0.717) is 5.92 Å². The van der Waals surface area contributed by atoms with Gasteiger partial charge in [-0.1, -0.05) is 19.8 Å². The molecule has 0 amide bonds. The highest BCUT2D eigenvalue weighted by atomic mass is 32.2. The Labute approximate surface area is 105 Å². The summed E-state index contributed by atoms with van der Waals surface area (Å²) in [6.07, 6.45) is 5.52. The minimum Gasteiger partial charge on any atom is -0.480 e. The highest BCUT2D eigenvalue weighted by Gasteiger charge is 2.41. The number of rotatable bonds is 3. The number of nitrogens with one attached hydrogen (secondary N) is 1. The summed E-state index contributed by atoms with van der Waals surface area (Å²) in [5.41, 5.74) is 0. The Bertz CT molecular complexity index is 321. The van der Waals surface area contributed by atoms with Crippen molar-refractivity contribution in [3.63, 3.8) is 0 Å². The maximum Gasteiger partial charge on any atom is 0.321 e. The molecule has 1 aliphatic carbocycles. The lowest BCUT2D eigenvalue weighted by Crippen LogP contribution is -2.59. The third-order valence-electron chi connectivity index (χ3n) is 3.98. The van der Waals surface area contributed by atoms with Crippen LogP contribution in [0.5, 0.6) is 0 Å². The lowest BCUT2D eigenvalue weighted by molar-refractivity contribution is -0.139.